The van der Waals surface area contributed by atoms with Crippen molar-refractivity contribution < 1.29 is 0 Å². The summed E-state index contributed by atoms with van der Waals surface area (Å²) in [5.41, 5.74) is 56.9. The summed E-state index contributed by atoms with van der Waals surface area (Å²) < 4.78 is 0. The Morgan fingerprint density at radius 2 is 0.250 bits per heavy atom. The summed E-state index contributed by atoms with van der Waals surface area (Å²) in [5.74, 6) is 0. The molecular weight excluding hydrogens is 1300 g/mol. The van der Waals surface area contributed by atoms with E-state index >= 15 is 0 Å². The van der Waals surface area contributed by atoms with Crippen molar-refractivity contribution in [1.82, 2.24) is 0 Å². The zero-order valence-corrected chi connectivity index (χ0v) is 58.3. The number of hydrogen-bond acceptors (Lipinski definition) is 0. The first-order valence-corrected chi connectivity index (χ1v) is 36.0. The largest absolute Gasteiger partial charge is 0.0616 e. The van der Waals surface area contributed by atoms with Gasteiger partial charge in [-0.3, -0.25) is 0 Å². The van der Waals surface area contributed by atoms with Gasteiger partial charge in [0.2, 0.25) is 0 Å². The van der Waals surface area contributed by atoms with Crippen LogP contribution in [-0.4, -0.2) is 0 Å². The van der Waals surface area contributed by atoms with E-state index in [-0.39, 0.29) is 0 Å². The second-order valence-corrected chi connectivity index (χ2v) is 26.8. The molecule has 4 aliphatic rings. The standard InChI is InChI=1S/C108H56/c1-2-30-86-66-58-78-22-6-14-34-94(78)102(86)106-90(70-62-82-26-10-18-38-98(82)106)54-50-74-45-47-76(48-46-74)52-56-92-72-64-84-28-12-20-40-100(84)108(92)104-88(68-60-80-24-8-16-36-96(80)104)32-4-3-31-87-67-59-79-23-7-15-35-95(79)103(87)107-91(71-63-83-27-11-19-39-99(83)107)55-51-75-43-41-73(42-44-75)49-53-89-69-61-81-25-9-17-37-97(81)105(89)101-85(29-1)65-57-77-21-5-13-33-93(77)101/h5-28,33-48,57-72H. The van der Waals surface area contributed by atoms with Crippen LogP contribution in [0, 0.1) is 41.7 Å². The van der Waals surface area contributed by atoms with Crippen molar-refractivity contribution in [3.05, 3.63) is 467 Å². The van der Waals surface area contributed by atoms with E-state index in [0.717, 1.165) is 191 Å². The van der Waals surface area contributed by atoms with Gasteiger partial charge in [-0.2, -0.15) is 0 Å². The average Bonchev–Trinajstić information content (AvgIpc) is 0.770. The Hall–Kier alpha value is -15.5. The Morgan fingerprint density at radius 1 is 0.111 bits per heavy atom. The molecule has 0 aliphatic heterocycles. The van der Waals surface area contributed by atoms with Crippen LogP contribution >= 0.6 is 0 Å². The minimum Gasteiger partial charge on any atom is -0.0616 e. The highest BCUT2D eigenvalue weighted by Crippen LogP contribution is 2.23. The molecule has 0 spiro atoms. The summed E-state index contributed by atoms with van der Waals surface area (Å²) in [5, 5.41) is 35.9. The minimum atomic E-state index is 0.850. The Kier molecular flexibility index (Phi) is 16.3. The summed E-state index contributed by atoms with van der Waals surface area (Å²) in [6.07, 6.45) is 0. The van der Waals surface area contributed by atoms with Crippen LogP contribution in [0.4, 0.5) is 0 Å². The molecule has 22 rings (SSSR count). The Balaban J connectivity index is 1.03. The van der Waals surface area contributed by atoms with Gasteiger partial charge in [0.15, 0.2) is 0 Å². The SMILES string of the molecule is C1=C=C=c2ccc3ccccc3c2=c2c(ccc3ccccc23)=C=C=c2ccc(cc2)=C=C=c2ccc3ccccc3c2=c2c(ccc3ccccc23)=C=C=C=C=c2ccc3ccccc3c2=c2c(ccc3ccccc23)=C=C=c2ccc(cc2)=C=C=c2ccc3ccccc3c2=c2c(ccc3ccccc23)=C=1. The van der Waals surface area contributed by atoms with Crippen molar-refractivity contribution in [3.8, 4) is 0 Å². The van der Waals surface area contributed by atoms with Gasteiger partial charge in [-0.25, -0.2) is 0 Å². The normalized spacial score (nSPS) is 11.3. The quantitative estimate of drug-likeness (QED) is 0.133. The highest BCUT2D eigenvalue weighted by atomic mass is 14.1. The van der Waals surface area contributed by atoms with E-state index in [9.17, 15) is 0 Å². The van der Waals surface area contributed by atoms with Crippen molar-refractivity contribution in [2.75, 3.05) is 0 Å². The molecule has 0 heteroatoms. The van der Waals surface area contributed by atoms with Crippen molar-refractivity contribution in [2.24, 2.45) is 0 Å². The third kappa shape index (κ3) is 11.9. The third-order valence-corrected chi connectivity index (χ3v) is 20.5. The van der Waals surface area contributed by atoms with Crippen LogP contribution in [0.5, 0.6) is 0 Å². The van der Waals surface area contributed by atoms with Gasteiger partial charge in [0.05, 0.1) is 0 Å². The predicted octanol–water partition coefficient (Wildman–Crippen LogP) is 15.1. The molecule has 0 heterocycles. The maximum Gasteiger partial charge on any atom is 0.0341 e. The van der Waals surface area contributed by atoms with Crippen molar-refractivity contribution in [1.29, 1.82) is 0 Å². The van der Waals surface area contributed by atoms with E-state index in [1.54, 1.807) is 0 Å². The second-order valence-electron chi connectivity index (χ2n) is 26.8. The molecule has 0 saturated carbocycles. The summed E-state index contributed by atoms with van der Waals surface area (Å²) >= 11 is 0. The molecule has 0 atom stereocenters. The summed E-state index contributed by atoms with van der Waals surface area (Å²) in [4.78, 5) is 0. The number of hydrogen-bond donors (Lipinski definition) is 0. The molecule has 108 heavy (non-hydrogen) atoms. The Labute approximate surface area is 617 Å². The van der Waals surface area contributed by atoms with Crippen LogP contribution in [0.1, 0.15) is 0 Å². The van der Waals surface area contributed by atoms with Crippen LogP contribution in [-0.2, 0) is 0 Å². The smallest absolute Gasteiger partial charge is 0.0341 e. The maximum absolute atomic E-state index is 3.67. The molecule has 4 aliphatic carbocycles. The molecule has 4 bridgehead atoms. The fraction of sp³-hybridized carbons (Fsp3) is 0. The fourth-order valence-electron chi connectivity index (χ4n) is 15.4. The maximum atomic E-state index is 3.67. The Bertz CT molecular complexity index is 7830. The predicted molar refractivity (Wildman–Crippen MR) is 446 cm³/mol. The van der Waals surface area contributed by atoms with E-state index in [4.69, 9.17) is 0 Å². The molecule has 0 saturated heterocycles. The van der Waals surface area contributed by atoms with Crippen molar-refractivity contribution >= 4 is 155 Å². The first-order valence-electron chi connectivity index (χ1n) is 36.0. The topological polar surface area (TPSA) is 0 Å². The molecule has 0 amide bonds. The van der Waals surface area contributed by atoms with E-state index in [1.807, 2.05) is 0 Å². The van der Waals surface area contributed by atoms with Gasteiger partial charge in [-0.15, -0.1) is 0 Å². The monoisotopic (exact) mass is 1350 g/mol. The second kappa shape index (κ2) is 27.7. The lowest BCUT2D eigenvalue weighted by Crippen LogP contribution is -2.10. The van der Waals surface area contributed by atoms with E-state index in [1.165, 1.54) is 0 Å². The third-order valence-electron chi connectivity index (χ3n) is 20.5. The van der Waals surface area contributed by atoms with Crippen LogP contribution in [0.2, 0.25) is 0 Å². The van der Waals surface area contributed by atoms with Gasteiger partial charge in [-0.1, -0.05) is 311 Å². The fourth-order valence-corrected chi connectivity index (χ4v) is 15.4. The molecule has 0 nitrogen and oxygen atoms in total. The van der Waals surface area contributed by atoms with Crippen molar-refractivity contribution in [2.45, 2.75) is 0 Å². The average molecular weight is 1350 g/mol. The highest BCUT2D eigenvalue weighted by Gasteiger charge is 2.09. The van der Waals surface area contributed by atoms with Gasteiger partial charge in [0.1, 0.15) is 0 Å². The number of benzene rings is 18. The molecular formula is C108H56. The first-order chi connectivity index (χ1) is 53.6. The van der Waals surface area contributed by atoms with Gasteiger partial charge < -0.3 is 0 Å². The summed E-state index contributed by atoms with van der Waals surface area (Å²) in [7, 11) is 0. The Morgan fingerprint density at radius 3 is 0.407 bits per heavy atom. The van der Waals surface area contributed by atoms with Gasteiger partial charge in [-0.05, 0) is 206 Å². The van der Waals surface area contributed by atoms with Crippen molar-refractivity contribution in [3.63, 3.8) is 0 Å². The van der Waals surface area contributed by atoms with E-state index in [2.05, 4.69) is 431 Å². The van der Waals surface area contributed by atoms with Crippen LogP contribution in [0.25, 0.3) is 155 Å². The summed E-state index contributed by atoms with van der Waals surface area (Å²) in [6.45, 7) is 0. The number of rotatable bonds is 0. The molecule has 0 unspecified atom stereocenters. The minimum absolute atomic E-state index is 0.850. The molecule has 0 radical (unpaired) electrons. The number of fused-ring (bicyclic) bond motifs is 8. The first kappa shape index (κ1) is 63.4. The zero-order valence-electron chi connectivity index (χ0n) is 58.3. The zero-order chi connectivity index (χ0) is 71.7. The molecule has 18 aromatic carbocycles. The van der Waals surface area contributed by atoms with Gasteiger partial charge in [0, 0.05) is 104 Å². The molecule has 0 N–H and O–H groups in total. The summed E-state index contributed by atoms with van der Waals surface area (Å²) in [6, 6.07) is 119. The van der Waals surface area contributed by atoms with Crippen LogP contribution < -0.4 is 62.6 Å². The lowest BCUT2D eigenvalue weighted by Gasteiger charge is -2.03. The van der Waals surface area contributed by atoms with Gasteiger partial charge >= 0.3 is 0 Å². The lowest BCUT2D eigenvalue weighted by atomic mass is 9.99. The molecule has 18 aromatic rings. The molecule has 0 fully saturated rings. The van der Waals surface area contributed by atoms with Crippen LogP contribution in [0.15, 0.2) is 363 Å². The van der Waals surface area contributed by atoms with E-state index in [0.29, 0.717) is 0 Å². The highest BCUT2D eigenvalue weighted by molar-refractivity contribution is 5.92. The molecule has 488 valence electrons. The lowest BCUT2D eigenvalue weighted by molar-refractivity contribution is 1.48. The van der Waals surface area contributed by atoms with Gasteiger partial charge in [0.25, 0.3) is 0 Å². The van der Waals surface area contributed by atoms with E-state index < -0.39 is 0 Å². The molecule has 0 aromatic heterocycles. The van der Waals surface area contributed by atoms with Crippen LogP contribution in [0.3, 0.4) is 0 Å².